The number of halogens is 2. The van der Waals surface area contributed by atoms with Crippen LogP contribution in [0.4, 0.5) is 8.78 Å². The minimum absolute atomic E-state index is 0.186. The Labute approximate surface area is 117 Å². The van der Waals surface area contributed by atoms with Gasteiger partial charge in [0.15, 0.2) is 5.82 Å². The van der Waals surface area contributed by atoms with E-state index in [4.69, 9.17) is 10.4 Å². The molecule has 1 aromatic carbocycles. The minimum atomic E-state index is -1.47. The molecule has 0 radical (unpaired) electrons. The standard InChI is InChI=1S/C14H10F2N2O3/c1-2-18-6-9(14(20)21)13(19)8-5-10(15)7(3-4-17)11(16)12(8)18/h5-6H,2-3H2,1H3,(H,20,21). The van der Waals surface area contributed by atoms with Gasteiger partial charge in [0, 0.05) is 18.3 Å². The lowest BCUT2D eigenvalue weighted by Gasteiger charge is -2.13. The van der Waals surface area contributed by atoms with Crippen molar-refractivity contribution in [3.63, 3.8) is 0 Å². The fourth-order valence-corrected chi connectivity index (χ4v) is 2.17. The maximum Gasteiger partial charge on any atom is 0.341 e. The second kappa shape index (κ2) is 5.32. The molecule has 0 spiro atoms. The number of carbonyl (C=O) groups is 1. The molecule has 1 aromatic heterocycles. The third-order valence-electron chi connectivity index (χ3n) is 3.18. The highest BCUT2D eigenvalue weighted by Crippen LogP contribution is 2.23. The lowest BCUT2D eigenvalue weighted by molar-refractivity contribution is 0.0695. The van der Waals surface area contributed by atoms with E-state index in [-0.39, 0.29) is 17.4 Å². The highest BCUT2D eigenvalue weighted by atomic mass is 19.1. The van der Waals surface area contributed by atoms with Gasteiger partial charge in [-0.15, -0.1) is 0 Å². The number of rotatable bonds is 3. The van der Waals surface area contributed by atoms with Gasteiger partial charge in [0.2, 0.25) is 5.43 Å². The highest BCUT2D eigenvalue weighted by molar-refractivity contribution is 5.93. The van der Waals surface area contributed by atoms with Crippen molar-refractivity contribution in [1.29, 1.82) is 5.26 Å². The molecule has 0 saturated carbocycles. The summed E-state index contributed by atoms with van der Waals surface area (Å²) in [4.78, 5) is 23.0. The first-order chi connectivity index (χ1) is 9.92. The summed E-state index contributed by atoms with van der Waals surface area (Å²) >= 11 is 0. The average Bonchev–Trinajstić information content (AvgIpc) is 2.44. The number of nitrogens with zero attached hydrogens (tertiary/aromatic N) is 2. The molecule has 2 rings (SSSR count). The predicted molar refractivity (Wildman–Crippen MR) is 70.1 cm³/mol. The average molecular weight is 292 g/mol. The Bertz CT molecular complexity index is 850. The SMILES string of the molecule is CCn1cc(C(=O)O)c(=O)c2cc(F)c(CC#N)c(F)c21. The normalized spacial score (nSPS) is 10.6. The number of hydrogen-bond donors (Lipinski definition) is 1. The second-order valence-electron chi connectivity index (χ2n) is 4.35. The number of aromatic nitrogens is 1. The van der Waals surface area contributed by atoms with E-state index in [1.165, 1.54) is 4.57 Å². The lowest BCUT2D eigenvalue weighted by Crippen LogP contribution is -2.20. The summed E-state index contributed by atoms with van der Waals surface area (Å²) in [6.45, 7) is 1.81. The van der Waals surface area contributed by atoms with Gasteiger partial charge in [0.05, 0.1) is 23.4 Å². The molecule has 0 atom stereocenters. The molecule has 108 valence electrons. The zero-order valence-corrected chi connectivity index (χ0v) is 11.0. The predicted octanol–water partition coefficient (Wildman–Crippen LogP) is 2.06. The van der Waals surface area contributed by atoms with Crippen LogP contribution < -0.4 is 5.43 Å². The van der Waals surface area contributed by atoms with Crippen LogP contribution in [0.3, 0.4) is 0 Å². The molecule has 0 aliphatic carbocycles. The topological polar surface area (TPSA) is 83.1 Å². The Kier molecular flexibility index (Phi) is 3.72. The van der Waals surface area contributed by atoms with Crippen molar-refractivity contribution in [1.82, 2.24) is 4.57 Å². The van der Waals surface area contributed by atoms with Crippen molar-refractivity contribution in [3.8, 4) is 6.07 Å². The molecule has 0 bridgehead atoms. The number of aromatic carboxylic acids is 1. The van der Waals surface area contributed by atoms with Crippen LogP contribution in [-0.4, -0.2) is 15.6 Å². The molecule has 0 amide bonds. The van der Waals surface area contributed by atoms with Gasteiger partial charge in [-0.2, -0.15) is 5.26 Å². The molecule has 1 N–H and O–H groups in total. The molecule has 0 saturated heterocycles. The van der Waals surface area contributed by atoms with Gasteiger partial charge in [-0.25, -0.2) is 13.6 Å². The van der Waals surface area contributed by atoms with E-state index in [0.717, 1.165) is 12.3 Å². The van der Waals surface area contributed by atoms with Gasteiger partial charge in [0.25, 0.3) is 0 Å². The van der Waals surface area contributed by atoms with Crippen LogP contribution in [0.5, 0.6) is 0 Å². The number of fused-ring (bicyclic) bond motifs is 1. The first-order valence-corrected chi connectivity index (χ1v) is 6.06. The summed E-state index contributed by atoms with van der Waals surface area (Å²) in [6, 6.07) is 2.43. The molecule has 21 heavy (non-hydrogen) atoms. The zero-order valence-electron chi connectivity index (χ0n) is 11.0. The van der Waals surface area contributed by atoms with Crippen molar-refractivity contribution in [2.24, 2.45) is 0 Å². The van der Waals surface area contributed by atoms with E-state index in [9.17, 15) is 18.4 Å². The molecule has 1 heterocycles. The second-order valence-corrected chi connectivity index (χ2v) is 4.35. The fourth-order valence-electron chi connectivity index (χ4n) is 2.17. The fraction of sp³-hybridized carbons (Fsp3) is 0.214. The number of pyridine rings is 1. The molecular weight excluding hydrogens is 282 g/mol. The van der Waals surface area contributed by atoms with E-state index < -0.39 is 40.6 Å². The van der Waals surface area contributed by atoms with Crippen molar-refractivity contribution in [2.75, 3.05) is 0 Å². The van der Waals surface area contributed by atoms with Gasteiger partial charge >= 0.3 is 5.97 Å². The van der Waals surface area contributed by atoms with Gasteiger partial charge in [-0.1, -0.05) is 0 Å². The highest BCUT2D eigenvalue weighted by Gasteiger charge is 2.21. The summed E-state index contributed by atoms with van der Waals surface area (Å²) in [5.74, 6) is -3.52. The zero-order chi connectivity index (χ0) is 15.7. The van der Waals surface area contributed by atoms with Gasteiger partial charge in [-0.3, -0.25) is 4.79 Å². The maximum atomic E-state index is 14.4. The third kappa shape index (κ3) is 2.25. The smallest absolute Gasteiger partial charge is 0.341 e. The van der Waals surface area contributed by atoms with E-state index >= 15 is 0 Å². The van der Waals surface area contributed by atoms with Crippen LogP contribution in [0, 0.1) is 23.0 Å². The van der Waals surface area contributed by atoms with Crippen LogP contribution >= 0.6 is 0 Å². The first kappa shape index (κ1) is 14.7. The number of benzene rings is 1. The number of carboxylic acids is 1. The molecule has 7 heteroatoms. The van der Waals surface area contributed by atoms with Crippen molar-refractivity contribution >= 4 is 16.9 Å². The van der Waals surface area contributed by atoms with E-state index in [0.29, 0.717) is 0 Å². The first-order valence-electron chi connectivity index (χ1n) is 6.06. The minimum Gasteiger partial charge on any atom is -0.477 e. The largest absolute Gasteiger partial charge is 0.477 e. The Morgan fingerprint density at radius 3 is 2.67 bits per heavy atom. The summed E-state index contributed by atoms with van der Waals surface area (Å²) in [5.41, 5.74) is -2.14. The van der Waals surface area contributed by atoms with Crippen LogP contribution in [0.1, 0.15) is 22.8 Å². The van der Waals surface area contributed by atoms with Gasteiger partial charge in [0.1, 0.15) is 11.4 Å². The van der Waals surface area contributed by atoms with Gasteiger partial charge in [-0.05, 0) is 13.0 Å². The van der Waals surface area contributed by atoms with Crippen LogP contribution in [0.15, 0.2) is 17.1 Å². The molecule has 0 fully saturated rings. The number of carboxylic acid groups (broad SMARTS) is 1. The monoisotopic (exact) mass is 292 g/mol. The molecule has 5 nitrogen and oxygen atoms in total. The molecule has 0 aliphatic heterocycles. The van der Waals surface area contributed by atoms with Crippen LogP contribution in [-0.2, 0) is 13.0 Å². The van der Waals surface area contributed by atoms with E-state index in [1.54, 1.807) is 13.0 Å². The Balaban J connectivity index is 3.02. The summed E-state index contributed by atoms with van der Waals surface area (Å²) < 4.78 is 29.4. The van der Waals surface area contributed by atoms with Crippen molar-refractivity contribution in [2.45, 2.75) is 19.9 Å². The molecule has 2 aromatic rings. The Hall–Kier alpha value is -2.75. The Morgan fingerprint density at radius 1 is 1.48 bits per heavy atom. The Morgan fingerprint density at radius 2 is 2.14 bits per heavy atom. The molecular formula is C14H10F2N2O3. The maximum absolute atomic E-state index is 14.4. The van der Waals surface area contributed by atoms with Gasteiger partial charge < -0.3 is 9.67 Å². The number of nitriles is 1. The molecule has 0 aliphatic rings. The number of hydrogen-bond acceptors (Lipinski definition) is 3. The lowest BCUT2D eigenvalue weighted by atomic mass is 10.0. The third-order valence-corrected chi connectivity index (χ3v) is 3.18. The number of aryl methyl sites for hydroxylation is 1. The summed E-state index contributed by atoms with van der Waals surface area (Å²) in [6.07, 6.45) is 0.538. The van der Waals surface area contributed by atoms with E-state index in [1.807, 2.05) is 0 Å². The van der Waals surface area contributed by atoms with Crippen molar-refractivity contribution < 1.29 is 18.7 Å². The molecule has 0 unspecified atom stereocenters. The van der Waals surface area contributed by atoms with Crippen LogP contribution in [0.25, 0.3) is 10.9 Å². The quantitative estimate of drug-likeness (QED) is 0.938. The summed E-state index contributed by atoms with van der Waals surface area (Å²) in [5, 5.41) is 17.2. The van der Waals surface area contributed by atoms with Crippen molar-refractivity contribution in [3.05, 3.63) is 45.2 Å². The van der Waals surface area contributed by atoms with Crippen LogP contribution in [0.2, 0.25) is 0 Å². The summed E-state index contributed by atoms with van der Waals surface area (Å²) in [7, 11) is 0. The van der Waals surface area contributed by atoms with E-state index in [2.05, 4.69) is 0 Å².